The lowest BCUT2D eigenvalue weighted by molar-refractivity contribution is 0.102. The minimum Gasteiger partial charge on any atom is -0.321 e. The molecule has 2 heterocycles. The van der Waals surface area contributed by atoms with Gasteiger partial charge in [0.25, 0.3) is 5.91 Å². The molecule has 130 valence electrons. The van der Waals surface area contributed by atoms with E-state index in [2.05, 4.69) is 5.32 Å². The number of thiophene rings is 1. The number of hydrogen-bond acceptors (Lipinski definition) is 5. The van der Waals surface area contributed by atoms with Gasteiger partial charge in [-0.25, -0.2) is 8.42 Å². The third-order valence-corrected chi connectivity index (χ3v) is 7.00. The number of anilines is 1. The first kappa shape index (κ1) is 17.6. The van der Waals surface area contributed by atoms with Crippen LogP contribution in [-0.2, 0) is 10.0 Å². The first-order valence-corrected chi connectivity index (χ1v) is 10.2. The van der Waals surface area contributed by atoms with Crippen LogP contribution in [0.15, 0.2) is 40.6 Å². The van der Waals surface area contributed by atoms with Crippen molar-refractivity contribution in [2.75, 3.05) is 18.4 Å². The van der Waals surface area contributed by atoms with Crippen LogP contribution in [0.5, 0.6) is 0 Å². The molecule has 6 nitrogen and oxygen atoms in total. The van der Waals surface area contributed by atoms with Gasteiger partial charge in [0.1, 0.15) is 9.77 Å². The van der Waals surface area contributed by atoms with Crippen molar-refractivity contribution in [3.05, 3.63) is 46.2 Å². The normalized spacial score (nSPS) is 15.5. The monoisotopic (exact) mass is 375 g/mol. The van der Waals surface area contributed by atoms with Gasteiger partial charge in [-0.05, 0) is 42.5 Å². The molecule has 0 spiro atoms. The molecule has 0 unspecified atom stereocenters. The lowest BCUT2D eigenvalue weighted by Gasteiger charge is -2.25. The van der Waals surface area contributed by atoms with Gasteiger partial charge >= 0.3 is 0 Å². The number of rotatable bonds is 4. The van der Waals surface area contributed by atoms with E-state index in [0.29, 0.717) is 24.3 Å². The second kappa shape index (κ2) is 7.35. The van der Waals surface area contributed by atoms with E-state index in [4.69, 9.17) is 5.26 Å². The highest BCUT2D eigenvalue weighted by Gasteiger charge is 2.31. The molecule has 0 atom stereocenters. The van der Waals surface area contributed by atoms with Crippen LogP contribution < -0.4 is 5.32 Å². The summed E-state index contributed by atoms with van der Waals surface area (Å²) in [6, 6.07) is 9.98. The highest BCUT2D eigenvalue weighted by Crippen LogP contribution is 2.28. The maximum atomic E-state index is 12.8. The van der Waals surface area contributed by atoms with Crippen molar-refractivity contribution in [3.8, 4) is 6.07 Å². The maximum Gasteiger partial charge on any atom is 0.267 e. The highest BCUT2D eigenvalue weighted by atomic mass is 32.2. The zero-order chi connectivity index (χ0) is 17.9. The molecule has 0 saturated carbocycles. The van der Waals surface area contributed by atoms with Crippen LogP contribution in [0.1, 0.15) is 34.5 Å². The van der Waals surface area contributed by atoms with Crippen LogP contribution >= 0.6 is 11.3 Å². The van der Waals surface area contributed by atoms with Gasteiger partial charge in [-0.1, -0.05) is 12.5 Å². The van der Waals surface area contributed by atoms with Crippen molar-refractivity contribution in [2.24, 2.45) is 0 Å². The summed E-state index contributed by atoms with van der Waals surface area (Å²) in [5.74, 6) is -0.485. The fourth-order valence-electron chi connectivity index (χ4n) is 2.76. The number of carbonyl (C=O) groups excluding carboxylic acids is 1. The zero-order valence-corrected chi connectivity index (χ0v) is 15.1. The van der Waals surface area contributed by atoms with Gasteiger partial charge in [0.15, 0.2) is 0 Å². The fourth-order valence-corrected chi connectivity index (χ4v) is 5.58. The number of nitrogens with one attached hydrogen (secondary N) is 1. The minimum absolute atomic E-state index is 0.0494. The molecule has 0 bridgehead atoms. The van der Waals surface area contributed by atoms with E-state index in [1.807, 2.05) is 6.07 Å². The van der Waals surface area contributed by atoms with Crippen molar-refractivity contribution in [2.45, 2.75) is 24.2 Å². The van der Waals surface area contributed by atoms with Crippen molar-refractivity contribution in [1.82, 2.24) is 4.31 Å². The Morgan fingerprint density at radius 3 is 2.68 bits per heavy atom. The molecule has 1 saturated heterocycles. The predicted octanol–water partition coefficient (Wildman–Crippen LogP) is 3.05. The zero-order valence-electron chi connectivity index (χ0n) is 13.4. The lowest BCUT2D eigenvalue weighted by atomic mass is 10.2. The molecule has 1 aliphatic heterocycles. The van der Waals surface area contributed by atoms with E-state index in [1.165, 1.54) is 10.4 Å². The first-order chi connectivity index (χ1) is 12.0. The molecule has 0 aliphatic carbocycles. The molecule has 1 amide bonds. The molecule has 1 aliphatic rings. The number of nitriles is 1. The van der Waals surface area contributed by atoms with Crippen molar-refractivity contribution in [1.29, 1.82) is 5.26 Å². The van der Waals surface area contributed by atoms with Crippen LogP contribution in [0, 0.1) is 11.3 Å². The van der Waals surface area contributed by atoms with Crippen LogP contribution in [0.25, 0.3) is 0 Å². The van der Waals surface area contributed by atoms with Gasteiger partial charge in [-0.15, -0.1) is 11.3 Å². The van der Waals surface area contributed by atoms with E-state index < -0.39 is 15.9 Å². The number of piperidine rings is 1. The van der Waals surface area contributed by atoms with E-state index in [0.717, 1.165) is 30.6 Å². The van der Waals surface area contributed by atoms with Crippen LogP contribution in [0.4, 0.5) is 5.69 Å². The third-order valence-electron chi connectivity index (χ3n) is 4.02. The Labute approximate surface area is 150 Å². The highest BCUT2D eigenvalue weighted by molar-refractivity contribution is 7.89. The smallest absolute Gasteiger partial charge is 0.267 e. The Morgan fingerprint density at radius 2 is 1.96 bits per heavy atom. The molecule has 3 rings (SSSR count). The second-order valence-electron chi connectivity index (χ2n) is 5.73. The van der Waals surface area contributed by atoms with Crippen LogP contribution in [0.3, 0.4) is 0 Å². The SMILES string of the molecule is N#Cc1cccc(NC(=O)c2sccc2S(=O)(=O)N2CCCCC2)c1. The molecule has 1 fully saturated rings. The average molecular weight is 375 g/mol. The molecule has 0 radical (unpaired) electrons. The summed E-state index contributed by atoms with van der Waals surface area (Å²) >= 11 is 1.09. The molecular weight excluding hydrogens is 358 g/mol. The summed E-state index contributed by atoms with van der Waals surface area (Å²) < 4.78 is 27.1. The number of hydrogen-bond donors (Lipinski definition) is 1. The standard InChI is InChI=1S/C17H17N3O3S2/c18-12-13-5-4-6-14(11-13)19-17(21)16-15(7-10-24-16)25(22,23)20-8-2-1-3-9-20/h4-7,10-11H,1-3,8-9H2,(H,19,21). The third kappa shape index (κ3) is 3.74. The van der Waals surface area contributed by atoms with E-state index in [9.17, 15) is 13.2 Å². The molecule has 1 aromatic heterocycles. The lowest BCUT2D eigenvalue weighted by Crippen LogP contribution is -2.36. The molecule has 1 N–H and O–H groups in total. The first-order valence-electron chi connectivity index (χ1n) is 7.91. The molecule has 1 aromatic carbocycles. The van der Waals surface area contributed by atoms with Crippen LogP contribution in [0.2, 0.25) is 0 Å². The van der Waals surface area contributed by atoms with Gasteiger partial charge in [-0.3, -0.25) is 4.79 Å². The van der Waals surface area contributed by atoms with Crippen molar-refractivity contribution >= 4 is 33.0 Å². The molecule has 25 heavy (non-hydrogen) atoms. The van der Waals surface area contributed by atoms with Crippen molar-refractivity contribution in [3.63, 3.8) is 0 Å². The summed E-state index contributed by atoms with van der Waals surface area (Å²) in [6.07, 6.45) is 2.70. The quantitative estimate of drug-likeness (QED) is 0.889. The van der Waals surface area contributed by atoms with Crippen LogP contribution in [-0.4, -0.2) is 31.7 Å². The predicted molar refractivity (Wildman–Crippen MR) is 96.0 cm³/mol. The Kier molecular flexibility index (Phi) is 5.18. The summed E-state index contributed by atoms with van der Waals surface area (Å²) in [6.45, 7) is 0.979. The summed E-state index contributed by atoms with van der Waals surface area (Å²) in [7, 11) is -3.67. The summed E-state index contributed by atoms with van der Waals surface area (Å²) in [4.78, 5) is 12.8. The molecular formula is C17H17N3O3S2. The Bertz CT molecular complexity index is 923. The summed E-state index contributed by atoms with van der Waals surface area (Å²) in [5, 5.41) is 13.2. The topological polar surface area (TPSA) is 90.3 Å². The number of nitrogens with zero attached hydrogens (tertiary/aromatic N) is 2. The fraction of sp³-hybridized carbons (Fsp3) is 0.294. The summed E-state index contributed by atoms with van der Waals surface area (Å²) in [5.41, 5.74) is 0.879. The maximum absolute atomic E-state index is 12.8. The van der Waals surface area contributed by atoms with Gasteiger partial charge < -0.3 is 5.32 Å². The second-order valence-corrected chi connectivity index (χ2v) is 8.55. The number of benzene rings is 1. The number of amides is 1. The van der Waals surface area contributed by atoms with Gasteiger partial charge in [0, 0.05) is 18.8 Å². The van der Waals surface area contributed by atoms with Gasteiger partial charge in [0.2, 0.25) is 10.0 Å². The average Bonchev–Trinajstić information content (AvgIpc) is 3.13. The Hall–Kier alpha value is -2.21. The van der Waals surface area contributed by atoms with E-state index in [-0.39, 0.29) is 9.77 Å². The largest absolute Gasteiger partial charge is 0.321 e. The number of sulfonamides is 1. The molecule has 8 heteroatoms. The Balaban J connectivity index is 1.85. The van der Waals surface area contributed by atoms with Crippen molar-refractivity contribution < 1.29 is 13.2 Å². The van der Waals surface area contributed by atoms with Gasteiger partial charge in [0.05, 0.1) is 11.6 Å². The minimum atomic E-state index is -3.67. The Morgan fingerprint density at radius 1 is 1.20 bits per heavy atom. The van der Waals surface area contributed by atoms with Gasteiger partial charge in [-0.2, -0.15) is 9.57 Å². The van der Waals surface area contributed by atoms with E-state index >= 15 is 0 Å². The number of carbonyl (C=O) groups is 1. The molecule has 2 aromatic rings. The van der Waals surface area contributed by atoms with E-state index in [1.54, 1.807) is 29.6 Å².